The van der Waals surface area contributed by atoms with E-state index in [0.29, 0.717) is 23.2 Å². The lowest BCUT2D eigenvalue weighted by molar-refractivity contribution is 0.316. The highest BCUT2D eigenvalue weighted by Gasteiger charge is 2.18. The Bertz CT molecular complexity index is 609. The van der Waals surface area contributed by atoms with Gasteiger partial charge >= 0.3 is 0 Å². The second-order valence-electron chi connectivity index (χ2n) is 5.28. The predicted molar refractivity (Wildman–Crippen MR) is 75.5 cm³/mol. The van der Waals surface area contributed by atoms with Crippen LogP contribution in [0, 0.1) is 11.7 Å². The highest BCUT2D eigenvalue weighted by atomic mass is 19.1. The molecule has 1 atom stereocenters. The molecule has 1 aliphatic rings. The fourth-order valence-electron chi connectivity index (χ4n) is 2.60. The van der Waals surface area contributed by atoms with Crippen LogP contribution in [0.15, 0.2) is 22.7 Å². The van der Waals surface area contributed by atoms with Crippen molar-refractivity contribution < 1.29 is 13.7 Å². The molecule has 1 aliphatic heterocycles. The number of nitrogens with zero attached hydrogens (tertiary/aromatic N) is 2. The molecule has 1 saturated heterocycles. The highest BCUT2D eigenvalue weighted by Crippen LogP contribution is 2.25. The van der Waals surface area contributed by atoms with E-state index in [2.05, 4.69) is 15.5 Å². The third kappa shape index (κ3) is 3.21. The molecular formula is C15H18FN3O2. The number of halogens is 1. The Balaban J connectivity index is 1.74. The molecular weight excluding hydrogens is 273 g/mol. The van der Waals surface area contributed by atoms with E-state index in [9.17, 15) is 4.39 Å². The number of rotatable bonds is 4. The minimum absolute atomic E-state index is 0.176. The molecule has 0 aliphatic carbocycles. The molecule has 2 aromatic rings. The smallest absolute Gasteiger partial charge is 0.227 e. The Hall–Kier alpha value is -1.95. The van der Waals surface area contributed by atoms with Crippen LogP contribution in [0.1, 0.15) is 18.7 Å². The van der Waals surface area contributed by atoms with Gasteiger partial charge in [-0.05, 0) is 50.0 Å². The summed E-state index contributed by atoms with van der Waals surface area (Å²) >= 11 is 0. The first kappa shape index (κ1) is 14.0. The van der Waals surface area contributed by atoms with Crippen molar-refractivity contribution in [3.8, 4) is 17.1 Å². The van der Waals surface area contributed by atoms with Crippen LogP contribution in [0.4, 0.5) is 4.39 Å². The number of benzene rings is 1. The first-order valence-electron chi connectivity index (χ1n) is 7.13. The summed E-state index contributed by atoms with van der Waals surface area (Å²) in [7, 11) is 1.43. The second-order valence-corrected chi connectivity index (χ2v) is 5.28. The Labute approximate surface area is 122 Å². The van der Waals surface area contributed by atoms with Crippen LogP contribution in [0.3, 0.4) is 0 Å². The Morgan fingerprint density at radius 1 is 1.48 bits per heavy atom. The second kappa shape index (κ2) is 6.22. The number of ether oxygens (including phenoxy) is 1. The van der Waals surface area contributed by atoms with Gasteiger partial charge in [-0.2, -0.15) is 4.98 Å². The van der Waals surface area contributed by atoms with Gasteiger partial charge in [-0.3, -0.25) is 0 Å². The highest BCUT2D eigenvalue weighted by molar-refractivity contribution is 5.57. The standard InChI is InChI=1S/C15H18FN3O2/c1-20-13-8-11(4-5-12(13)16)15-18-14(21-19-15)7-10-3-2-6-17-9-10/h4-5,8,10,17H,2-3,6-7,9H2,1H3. The van der Waals surface area contributed by atoms with Crippen LogP contribution in [0.5, 0.6) is 5.75 Å². The van der Waals surface area contributed by atoms with E-state index in [-0.39, 0.29) is 5.75 Å². The average molecular weight is 291 g/mol. The Kier molecular flexibility index (Phi) is 4.15. The molecule has 0 bridgehead atoms. The van der Waals surface area contributed by atoms with E-state index in [0.717, 1.165) is 19.5 Å². The van der Waals surface area contributed by atoms with Crippen molar-refractivity contribution in [1.82, 2.24) is 15.5 Å². The number of methoxy groups -OCH3 is 1. The van der Waals surface area contributed by atoms with Crippen LogP contribution < -0.4 is 10.1 Å². The summed E-state index contributed by atoms with van der Waals surface area (Å²) in [4.78, 5) is 4.40. The first-order valence-corrected chi connectivity index (χ1v) is 7.13. The molecule has 1 N–H and O–H groups in total. The molecule has 21 heavy (non-hydrogen) atoms. The average Bonchev–Trinajstić information content (AvgIpc) is 2.97. The van der Waals surface area contributed by atoms with E-state index >= 15 is 0 Å². The minimum Gasteiger partial charge on any atom is -0.494 e. The van der Waals surface area contributed by atoms with E-state index < -0.39 is 5.82 Å². The van der Waals surface area contributed by atoms with Crippen LogP contribution in [-0.4, -0.2) is 30.3 Å². The largest absolute Gasteiger partial charge is 0.494 e. The molecule has 1 fully saturated rings. The summed E-state index contributed by atoms with van der Waals surface area (Å²) in [5.41, 5.74) is 0.685. The molecule has 1 aromatic carbocycles. The normalized spacial score (nSPS) is 18.7. The Morgan fingerprint density at radius 3 is 3.14 bits per heavy atom. The summed E-state index contributed by atoms with van der Waals surface area (Å²) in [6.45, 7) is 2.07. The van der Waals surface area contributed by atoms with E-state index in [4.69, 9.17) is 9.26 Å². The summed E-state index contributed by atoms with van der Waals surface area (Å²) in [5, 5.41) is 7.34. The van der Waals surface area contributed by atoms with Crippen molar-refractivity contribution in [2.24, 2.45) is 5.92 Å². The number of aromatic nitrogens is 2. The SMILES string of the molecule is COc1cc(-c2noc(CC3CCCNC3)n2)ccc1F. The van der Waals surface area contributed by atoms with Gasteiger partial charge in [-0.1, -0.05) is 5.16 Å². The van der Waals surface area contributed by atoms with Gasteiger partial charge in [-0.15, -0.1) is 0 Å². The zero-order valence-corrected chi connectivity index (χ0v) is 11.9. The molecule has 1 unspecified atom stereocenters. The molecule has 0 spiro atoms. The molecule has 0 amide bonds. The molecule has 0 saturated carbocycles. The van der Waals surface area contributed by atoms with Gasteiger partial charge in [0.1, 0.15) is 0 Å². The van der Waals surface area contributed by atoms with Crippen LogP contribution in [-0.2, 0) is 6.42 Å². The number of nitrogens with one attached hydrogen (secondary N) is 1. The molecule has 2 heterocycles. The lowest BCUT2D eigenvalue weighted by Gasteiger charge is -2.20. The molecule has 112 valence electrons. The predicted octanol–water partition coefficient (Wildman–Crippen LogP) is 2.43. The maximum atomic E-state index is 13.4. The molecule has 6 heteroatoms. The lowest BCUT2D eigenvalue weighted by Crippen LogP contribution is -2.30. The monoisotopic (exact) mass is 291 g/mol. The third-order valence-electron chi connectivity index (χ3n) is 3.74. The van der Waals surface area contributed by atoms with Crippen LogP contribution >= 0.6 is 0 Å². The van der Waals surface area contributed by atoms with Crippen LogP contribution in [0.2, 0.25) is 0 Å². The molecule has 0 radical (unpaired) electrons. The van der Waals surface area contributed by atoms with Crippen molar-refractivity contribution in [2.45, 2.75) is 19.3 Å². The van der Waals surface area contributed by atoms with Crippen LogP contribution in [0.25, 0.3) is 11.4 Å². The van der Waals surface area contributed by atoms with Crippen molar-refractivity contribution in [1.29, 1.82) is 0 Å². The fourth-order valence-corrected chi connectivity index (χ4v) is 2.60. The van der Waals surface area contributed by atoms with E-state index in [1.807, 2.05) is 0 Å². The van der Waals surface area contributed by atoms with E-state index in [1.165, 1.54) is 26.0 Å². The van der Waals surface area contributed by atoms with Gasteiger partial charge in [0, 0.05) is 12.0 Å². The molecule has 3 rings (SSSR count). The topological polar surface area (TPSA) is 60.2 Å². The van der Waals surface area contributed by atoms with Crippen molar-refractivity contribution in [3.63, 3.8) is 0 Å². The number of piperidine rings is 1. The molecule has 5 nitrogen and oxygen atoms in total. The van der Waals surface area contributed by atoms with E-state index in [1.54, 1.807) is 12.1 Å². The quantitative estimate of drug-likeness (QED) is 0.937. The summed E-state index contributed by atoms with van der Waals surface area (Å²) < 4.78 is 23.7. The summed E-state index contributed by atoms with van der Waals surface area (Å²) in [5.74, 6) is 1.40. The summed E-state index contributed by atoms with van der Waals surface area (Å²) in [6, 6.07) is 4.54. The maximum Gasteiger partial charge on any atom is 0.227 e. The van der Waals surface area contributed by atoms with Gasteiger partial charge in [0.25, 0.3) is 0 Å². The third-order valence-corrected chi connectivity index (χ3v) is 3.74. The lowest BCUT2D eigenvalue weighted by atomic mass is 9.96. The maximum absolute atomic E-state index is 13.4. The Morgan fingerprint density at radius 2 is 2.38 bits per heavy atom. The van der Waals surface area contributed by atoms with Gasteiger partial charge in [0.15, 0.2) is 11.6 Å². The zero-order valence-electron chi connectivity index (χ0n) is 11.9. The van der Waals surface area contributed by atoms with Gasteiger partial charge in [-0.25, -0.2) is 4.39 Å². The van der Waals surface area contributed by atoms with Crippen molar-refractivity contribution in [2.75, 3.05) is 20.2 Å². The van der Waals surface area contributed by atoms with Crippen molar-refractivity contribution >= 4 is 0 Å². The number of hydrogen-bond acceptors (Lipinski definition) is 5. The fraction of sp³-hybridized carbons (Fsp3) is 0.467. The van der Waals surface area contributed by atoms with Gasteiger partial charge < -0.3 is 14.6 Å². The number of hydrogen-bond donors (Lipinski definition) is 1. The van der Waals surface area contributed by atoms with Crippen molar-refractivity contribution in [3.05, 3.63) is 29.9 Å². The van der Waals surface area contributed by atoms with Gasteiger partial charge in [0.2, 0.25) is 11.7 Å². The first-order chi connectivity index (χ1) is 10.3. The zero-order chi connectivity index (χ0) is 14.7. The summed E-state index contributed by atoms with van der Waals surface area (Å²) in [6.07, 6.45) is 3.13. The van der Waals surface area contributed by atoms with Gasteiger partial charge in [0.05, 0.1) is 7.11 Å². The minimum atomic E-state index is -0.404. The molecule has 1 aromatic heterocycles.